The first-order valence-electron chi connectivity index (χ1n) is 18.2. The third-order valence-electron chi connectivity index (χ3n) is 8.87. The first kappa shape index (κ1) is 57.0. The van der Waals surface area contributed by atoms with E-state index in [2.05, 4.69) is 66.9 Å². The number of azide groups is 4. The molecule has 1 saturated carbocycles. The fraction of sp³-hybridized carbons (Fsp3) is 0.167. The summed E-state index contributed by atoms with van der Waals surface area (Å²) in [6.45, 7) is 6.64. The maximum absolute atomic E-state index is 13.2. The van der Waals surface area contributed by atoms with Crippen LogP contribution in [0.25, 0.3) is 66.1 Å². The predicted octanol–water partition coefficient (Wildman–Crippen LogP) is 6.62. The Kier molecular flexibility index (Phi) is 25.2. The largest absolute Gasteiger partial charge is 1.00 e. The van der Waals surface area contributed by atoms with Gasteiger partial charge >= 0.3 is 69.7 Å². The second-order valence-electron chi connectivity index (χ2n) is 14.1. The Labute approximate surface area is 420 Å². The van der Waals surface area contributed by atoms with Crippen LogP contribution in [-0.2, 0) is 25.5 Å². The summed E-state index contributed by atoms with van der Waals surface area (Å²) < 4.78 is 59.4. The smallest absolute Gasteiger partial charge is 0.744 e. The first-order chi connectivity index (χ1) is 30.0. The topological polar surface area (TPSA) is 321 Å². The number of hydrogen-bond donors (Lipinski definition) is 0. The van der Waals surface area contributed by atoms with Crippen LogP contribution >= 0.6 is 0 Å². The van der Waals surface area contributed by atoms with Crippen molar-refractivity contribution in [3.05, 3.63) is 190 Å². The van der Waals surface area contributed by atoms with Gasteiger partial charge in [0.2, 0.25) is 0 Å². The number of rotatable bonds is 11. The van der Waals surface area contributed by atoms with Crippen LogP contribution in [0.5, 0.6) is 0 Å². The van der Waals surface area contributed by atoms with Gasteiger partial charge in [-0.05, 0) is 79.7 Å². The third kappa shape index (κ3) is 20.6. The second-order valence-corrected chi connectivity index (χ2v) is 15.8. The Bertz CT molecular complexity index is 2790. The molecule has 65 heavy (non-hydrogen) atoms. The Morgan fingerprint density at radius 3 is 1.48 bits per heavy atom. The van der Waals surface area contributed by atoms with Crippen molar-refractivity contribution in [2.24, 2.45) is 31.8 Å². The fourth-order valence-electron chi connectivity index (χ4n) is 5.67. The van der Waals surface area contributed by atoms with Crippen molar-refractivity contribution in [1.82, 2.24) is 0 Å². The van der Waals surface area contributed by atoms with Gasteiger partial charge in [0.1, 0.15) is 10.1 Å². The maximum atomic E-state index is 13.2. The number of hydrogen-bond acceptors (Lipinski definition) is 11. The van der Waals surface area contributed by atoms with Gasteiger partial charge in [-0.2, -0.15) is 5.56 Å². The van der Waals surface area contributed by atoms with E-state index in [0.29, 0.717) is 28.5 Å². The van der Waals surface area contributed by atoms with Crippen molar-refractivity contribution < 1.29 is 89.5 Å². The Hall–Kier alpha value is -5.98. The number of Topliss-reactive ketones (excluding diaryl/α,β-unsaturated/α-hetero) is 1. The van der Waals surface area contributed by atoms with Crippen LogP contribution in [0.3, 0.4) is 0 Å². The van der Waals surface area contributed by atoms with Gasteiger partial charge in [-0.3, -0.25) is 4.79 Å². The molecule has 1 aliphatic carbocycles. The molecular weight excluding hydrogens is 895 g/mol. The molecule has 0 saturated heterocycles. The third-order valence-corrected chi connectivity index (χ3v) is 9.76. The van der Waals surface area contributed by atoms with E-state index >= 15 is 0 Å². The summed E-state index contributed by atoms with van der Waals surface area (Å²) >= 11 is 0. The molecule has 0 aliphatic heterocycles. The standard InChI is InChI=1S/C28H28N6O.C14H9N6O3S.2Na.O3S/c1-28(2,3)24-18-22(8-4-6-20-10-14-25(15-11-20)31-33-29)27(35)23(19-24)9-5-7-21-12-16-26(17-13-21)32-34-30;15-19-17-12-6-2-10(3-7-12)1-4-11-5-8-13(18-20-16)9-14(11)24(21,22)23;;;1-4(2)3/h4-17,24H,18-19H2,1-3H3;1-2,4-9H,(H,21,22,23);;;/q;-1;2*+1;/p-1/b6-4?,7-5?,22-8+,23-9+;;;;. The monoisotopic (exact) mass is 930 g/mol. The number of benzene rings is 4. The zero-order valence-electron chi connectivity index (χ0n) is 35.7. The molecule has 0 N–H and O–H groups in total. The molecule has 0 amide bonds. The van der Waals surface area contributed by atoms with Gasteiger partial charge in [0.05, 0.1) is 4.90 Å². The first-order valence-corrected chi connectivity index (χ1v) is 20.6. The SMILES string of the molecule is CC(C)(C)C1C/C(=C\C=Cc2ccc(N=[N+]=[N-])cc2)C(=O)/C(=C/C=Cc2ccc(N=[N+]=[N-])cc2)C1.O=S(=O)=O.[N-]=[N+]=Nc1c[c-]c(C=Cc2ccc(N=[N+]=[N-])cc2S(=O)(=O)[O-])cc1.[Na+].[Na+]. The molecule has 4 aromatic carbocycles. The fourth-order valence-corrected chi connectivity index (χ4v) is 6.36. The van der Waals surface area contributed by atoms with Crippen LogP contribution < -0.4 is 59.1 Å². The van der Waals surface area contributed by atoms with Gasteiger partial charge in [-0.1, -0.05) is 139 Å². The van der Waals surface area contributed by atoms with Crippen LogP contribution in [0.15, 0.2) is 146 Å². The van der Waals surface area contributed by atoms with Crippen LogP contribution in [0.4, 0.5) is 22.7 Å². The summed E-state index contributed by atoms with van der Waals surface area (Å²) in [6, 6.07) is 25.7. The normalized spacial score (nSPS) is 14.5. The van der Waals surface area contributed by atoms with Crippen LogP contribution in [0.2, 0.25) is 0 Å². The molecule has 0 spiro atoms. The van der Waals surface area contributed by atoms with Crippen molar-refractivity contribution in [2.45, 2.75) is 38.5 Å². The molecule has 23 heteroatoms. The summed E-state index contributed by atoms with van der Waals surface area (Å²) in [5.41, 5.74) is 39.6. The quantitative estimate of drug-likeness (QED) is 0.0231. The van der Waals surface area contributed by atoms with Gasteiger partial charge in [0.15, 0.2) is 5.78 Å². The Balaban J connectivity index is 0.000000615. The van der Waals surface area contributed by atoms with Crippen LogP contribution in [0, 0.1) is 17.4 Å². The minimum atomic E-state index is -4.74. The molecule has 0 atom stereocenters. The summed E-state index contributed by atoms with van der Waals surface area (Å²) in [4.78, 5) is 23.5. The number of carbonyl (C=O) groups excluding carboxylic acids is 1. The molecule has 5 rings (SSSR count). The van der Waals surface area contributed by atoms with Crippen molar-refractivity contribution in [1.29, 1.82) is 0 Å². The summed E-state index contributed by atoms with van der Waals surface area (Å²) in [7, 11) is -7.85. The van der Waals surface area contributed by atoms with Gasteiger partial charge in [-0.25, -0.2) is 8.42 Å². The summed E-state index contributed by atoms with van der Waals surface area (Å²) in [6.07, 6.45) is 15.9. The molecule has 320 valence electrons. The zero-order valence-corrected chi connectivity index (χ0v) is 41.4. The maximum Gasteiger partial charge on any atom is 1.00 e. The van der Waals surface area contributed by atoms with E-state index in [4.69, 9.17) is 34.8 Å². The van der Waals surface area contributed by atoms with E-state index < -0.39 is 25.6 Å². The predicted molar refractivity (Wildman–Crippen MR) is 238 cm³/mol. The molecule has 0 aromatic heterocycles. The summed E-state index contributed by atoms with van der Waals surface area (Å²) in [5.74, 6) is 0.433. The van der Waals surface area contributed by atoms with Gasteiger partial charge in [0, 0.05) is 42.9 Å². The van der Waals surface area contributed by atoms with E-state index in [1.54, 1.807) is 36.4 Å². The Morgan fingerprint density at radius 2 is 1.08 bits per heavy atom. The molecule has 0 radical (unpaired) electrons. The average Bonchev–Trinajstić information content (AvgIpc) is 3.23. The Morgan fingerprint density at radius 1 is 0.662 bits per heavy atom. The van der Waals surface area contributed by atoms with Crippen molar-refractivity contribution in [3.8, 4) is 0 Å². The van der Waals surface area contributed by atoms with E-state index in [-0.39, 0.29) is 81.6 Å². The minimum Gasteiger partial charge on any atom is -0.744 e. The molecule has 0 unspecified atom stereocenters. The second kappa shape index (κ2) is 28.7. The molecule has 0 bridgehead atoms. The number of nitrogens with zero attached hydrogens (tertiary/aromatic N) is 12. The van der Waals surface area contributed by atoms with Crippen molar-refractivity contribution in [3.63, 3.8) is 0 Å². The molecule has 1 aliphatic rings. The number of carbonyl (C=O) groups is 1. The number of ketones is 1. The minimum absolute atomic E-state index is 0. The molecular formula is C42H36N12Na2O7S2. The molecule has 19 nitrogen and oxygen atoms in total. The zero-order chi connectivity index (χ0) is 46.4. The van der Waals surface area contributed by atoms with Gasteiger partial charge < -0.3 is 4.55 Å². The average molecular weight is 931 g/mol. The van der Waals surface area contributed by atoms with E-state index in [1.165, 1.54) is 30.4 Å². The van der Waals surface area contributed by atoms with E-state index in [1.807, 2.05) is 60.7 Å². The molecule has 1 fully saturated rings. The number of allylic oxidation sites excluding steroid dienone is 6. The van der Waals surface area contributed by atoms with Crippen molar-refractivity contribution in [2.75, 3.05) is 0 Å². The molecule has 0 heterocycles. The van der Waals surface area contributed by atoms with E-state index in [0.717, 1.165) is 41.2 Å². The van der Waals surface area contributed by atoms with Gasteiger partial charge in [0.25, 0.3) is 0 Å². The van der Waals surface area contributed by atoms with Crippen molar-refractivity contribution >= 4 is 73.6 Å². The van der Waals surface area contributed by atoms with Crippen LogP contribution in [-0.4, -0.2) is 31.4 Å². The molecule has 4 aromatic rings. The van der Waals surface area contributed by atoms with Crippen LogP contribution in [0.1, 0.15) is 55.9 Å². The van der Waals surface area contributed by atoms with Gasteiger partial charge in [-0.15, -0.1) is 48.1 Å². The van der Waals surface area contributed by atoms with E-state index in [9.17, 15) is 17.8 Å². The summed E-state index contributed by atoms with van der Waals surface area (Å²) in [5, 5.41) is 13.8.